The third-order valence-electron chi connectivity index (χ3n) is 2.00. The fourth-order valence-corrected chi connectivity index (χ4v) is 2.24. The Hall–Kier alpha value is -0.630. The van der Waals surface area contributed by atoms with Gasteiger partial charge in [-0.3, -0.25) is 0 Å². The average molecular weight is 177 g/mol. The van der Waals surface area contributed by atoms with E-state index in [-0.39, 0.29) is 0 Å². The van der Waals surface area contributed by atoms with Gasteiger partial charge in [0.25, 0.3) is 0 Å². The Kier molecular flexibility index (Phi) is 1.89. The van der Waals surface area contributed by atoms with Crippen molar-refractivity contribution in [2.45, 2.75) is 19.3 Å². The number of hydrogen-bond acceptors (Lipinski definition) is 3. The first-order valence-corrected chi connectivity index (χ1v) is 4.86. The van der Waals surface area contributed by atoms with Crippen molar-refractivity contribution in [2.75, 3.05) is 5.75 Å². The highest BCUT2D eigenvalue weighted by Gasteiger charge is 2.41. The van der Waals surface area contributed by atoms with Gasteiger partial charge in [-0.15, -0.1) is 3.89 Å². The molecule has 0 atom stereocenters. The molecule has 1 saturated carbocycles. The van der Waals surface area contributed by atoms with Gasteiger partial charge < -0.3 is 0 Å². The molecule has 3 nitrogen and oxygen atoms in total. The number of rotatable bonds is 2. The SMILES string of the molecule is N#CC1(CS(=O)(=O)F)CCC1. The first-order valence-electron chi connectivity index (χ1n) is 3.31. The third-order valence-corrected chi connectivity index (χ3v) is 2.89. The lowest BCUT2D eigenvalue weighted by atomic mass is 9.72. The van der Waals surface area contributed by atoms with Crippen LogP contribution in [-0.4, -0.2) is 14.2 Å². The molecule has 0 spiro atoms. The maximum atomic E-state index is 12.1. The van der Waals surface area contributed by atoms with E-state index in [9.17, 15) is 12.3 Å². The van der Waals surface area contributed by atoms with Crippen LogP contribution in [0.5, 0.6) is 0 Å². The van der Waals surface area contributed by atoms with Gasteiger partial charge in [0.05, 0.1) is 17.2 Å². The smallest absolute Gasteiger partial charge is 0.198 e. The Morgan fingerprint density at radius 2 is 2.09 bits per heavy atom. The van der Waals surface area contributed by atoms with Gasteiger partial charge in [-0.2, -0.15) is 13.7 Å². The van der Waals surface area contributed by atoms with Crippen LogP contribution in [0.3, 0.4) is 0 Å². The van der Waals surface area contributed by atoms with Gasteiger partial charge in [0, 0.05) is 0 Å². The molecule has 0 radical (unpaired) electrons. The summed E-state index contributed by atoms with van der Waals surface area (Å²) < 4.78 is 32.5. The summed E-state index contributed by atoms with van der Waals surface area (Å²) in [6.45, 7) is 0. The third kappa shape index (κ3) is 1.90. The summed E-state index contributed by atoms with van der Waals surface area (Å²) in [7, 11) is -4.48. The van der Waals surface area contributed by atoms with Gasteiger partial charge in [0.1, 0.15) is 0 Å². The molecule has 0 saturated heterocycles. The molecule has 0 aromatic heterocycles. The van der Waals surface area contributed by atoms with Crippen molar-refractivity contribution >= 4 is 10.2 Å². The highest BCUT2D eigenvalue weighted by atomic mass is 32.3. The summed E-state index contributed by atoms with van der Waals surface area (Å²) in [6, 6.07) is 1.85. The van der Waals surface area contributed by atoms with E-state index < -0.39 is 21.4 Å². The number of nitriles is 1. The predicted octanol–water partition coefficient (Wildman–Crippen LogP) is 0.980. The molecule has 0 N–H and O–H groups in total. The van der Waals surface area contributed by atoms with E-state index in [1.165, 1.54) is 0 Å². The van der Waals surface area contributed by atoms with E-state index in [4.69, 9.17) is 5.26 Å². The molecule has 62 valence electrons. The minimum absolute atomic E-state index is 0.507. The van der Waals surface area contributed by atoms with Crippen LogP contribution < -0.4 is 0 Å². The van der Waals surface area contributed by atoms with E-state index in [1.807, 2.05) is 6.07 Å². The summed E-state index contributed by atoms with van der Waals surface area (Å²) in [5.74, 6) is -0.628. The predicted molar refractivity (Wildman–Crippen MR) is 36.8 cm³/mol. The van der Waals surface area contributed by atoms with Crippen LogP contribution in [0.1, 0.15) is 19.3 Å². The summed E-state index contributed by atoms with van der Waals surface area (Å²) >= 11 is 0. The van der Waals surface area contributed by atoms with Crippen LogP contribution in [0, 0.1) is 16.7 Å². The van der Waals surface area contributed by atoms with Crippen LogP contribution in [0.15, 0.2) is 0 Å². The molecular formula is C6H8FNO2S. The quantitative estimate of drug-likeness (QED) is 0.591. The Balaban J connectivity index is 2.69. The first kappa shape index (κ1) is 8.47. The van der Waals surface area contributed by atoms with Crippen LogP contribution in [0.25, 0.3) is 0 Å². The van der Waals surface area contributed by atoms with E-state index in [1.54, 1.807) is 0 Å². The summed E-state index contributed by atoms with van der Waals surface area (Å²) in [4.78, 5) is 0. The van der Waals surface area contributed by atoms with Gasteiger partial charge in [-0.25, -0.2) is 0 Å². The molecule has 0 heterocycles. The Labute approximate surface area is 65.0 Å². The minimum atomic E-state index is -4.48. The van der Waals surface area contributed by atoms with Gasteiger partial charge in [0.15, 0.2) is 0 Å². The maximum absolute atomic E-state index is 12.1. The highest BCUT2D eigenvalue weighted by molar-refractivity contribution is 7.86. The van der Waals surface area contributed by atoms with Gasteiger partial charge in [0.2, 0.25) is 0 Å². The zero-order chi connectivity index (χ0) is 8.54. The van der Waals surface area contributed by atoms with Gasteiger partial charge >= 0.3 is 10.2 Å². The zero-order valence-corrected chi connectivity index (χ0v) is 6.69. The van der Waals surface area contributed by atoms with E-state index in [0.717, 1.165) is 6.42 Å². The molecule has 1 aliphatic rings. The lowest BCUT2D eigenvalue weighted by Crippen LogP contribution is -2.34. The molecule has 0 unspecified atom stereocenters. The molecule has 0 amide bonds. The molecule has 0 aliphatic heterocycles. The molecule has 5 heteroatoms. The second-order valence-corrected chi connectivity index (χ2v) is 4.30. The lowest BCUT2D eigenvalue weighted by Gasteiger charge is -2.33. The Morgan fingerprint density at radius 1 is 1.55 bits per heavy atom. The number of hydrogen-bond donors (Lipinski definition) is 0. The van der Waals surface area contributed by atoms with E-state index in [2.05, 4.69) is 0 Å². The largest absolute Gasteiger partial charge is 0.303 e. The van der Waals surface area contributed by atoms with Crippen molar-refractivity contribution in [2.24, 2.45) is 5.41 Å². The molecule has 11 heavy (non-hydrogen) atoms. The summed E-state index contributed by atoms with van der Waals surface area (Å²) in [5.41, 5.74) is -0.909. The topological polar surface area (TPSA) is 57.9 Å². The Bertz CT molecular complexity index is 286. The fraction of sp³-hybridized carbons (Fsp3) is 0.833. The first-order chi connectivity index (χ1) is 4.97. The van der Waals surface area contributed by atoms with Crippen LogP contribution in [0.2, 0.25) is 0 Å². The zero-order valence-electron chi connectivity index (χ0n) is 5.88. The highest BCUT2D eigenvalue weighted by Crippen LogP contribution is 2.41. The fourth-order valence-electron chi connectivity index (χ4n) is 1.22. The van der Waals surface area contributed by atoms with Crippen molar-refractivity contribution < 1.29 is 12.3 Å². The lowest BCUT2D eigenvalue weighted by molar-refractivity contribution is 0.245. The monoisotopic (exact) mass is 177 g/mol. The Morgan fingerprint density at radius 3 is 2.18 bits per heavy atom. The minimum Gasteiger partial charge on any atom is -0.198 e. The molecule has 0 aromatic rings. The summed E-state index contributed by atoms with van der Waals surface area (Å²) in [6.07, 6.45) is 1.84. The summed E-state index contributed by atoms with van der Waals surface area (Å²) in [5, 5.41) is 8.52. The normalized spacial score (nSPS) is 21.8. The molecule has 0 aromatic carbocycles. The second-order valence-electron chi connectivity index (χ2n) is 2.93. The van der Waals surface area contributed by atoms with Crippen molar-refractivity contribution in [3.8, 4) is 6.07 Å². The van der Waals surface area contributed by atoms with Gasteiger partial charge in [-0.1, -0.05) is 6.42 Å². The molecular weight excluding hydrogens is 169 g/mol. The number of halogens is 1. The van der Waals surface area contributed by atoms with Crippen molar-refractivity contribution in [1.82, 2.24) is 0 Å². The van der Waals surface area contributed by atoms with Gasteiger partial charge in [-0.05, 0) is 12.8 Å². The maximum Gasteiger partial charge on any atom is 0.303 e. The molecule has 1 fully saturated rings. The van der Waals surface area contributed by atoms with Crippen LogP contribution >= 0.6 is 0 Å². The average Bonchev–Trinajstić information content (AvgIpc) is 1.77. The standard InChI is InChI=1S/C6H8FNO2S/c7-11(9,10)5-6(4-8)2-1-3-6/h1-3,5H2. The molecule has 1 rings (SSSR count). The van der Waals surface area contributed by atoms with E-state index >= 15 is 0 Å². The van der Waals surface area contributed by atoms with Crippen molar-refractivity contribution in [3.05, 3.63) is 0 Å². The second kappa shape index (κ2) is 2.45. The van der Waals surface area contributed by atoms with Crippen LogP contribution in [-0.2, 0) is 10.2 Å². The van der Waals surface area contributed by atoms with Crippen molar-refractivity contribution in [3.63, 3.8) is 0 Å². The van der Waals surface area contributed by atoms with Crippen LogP contribution in [0.4, 0.5) is 3.89 Å². The molecule has 1 aliphatic carbocycles. The molecule has 0 bridgehead atoms. The van der Waals surface area contributed by atoms with E-state index in [0.29, 0.717) is 12.8 Å². The number of nitrogens with zero attached hydrogens (tertiary/aromatic N) is 1. The van der Waals surface area contributed by atoms with Crippen molar-refractivity contribution in [1.29, 1.82) is 5.26 Å².